The first kappa shape index (κ1) is 22.9. The highest BCUT2D eigenvalue weighted by molar-refractivity contribution is 4.74. The Morgan fingerprint density at radius 3 is 1.39 bits per heavy atom. The van der Waals surface area contributed by atoms with E-state index in [2.05, 4.69) is 72.9 Å². The molecule has 0 radical (unpaired) electrons. The number of hydrogen-bond donors (Lipinski definition) is 2. The van der Waals surface area contributed by atoms with Crippen molar-refractivity contribution < 1.29 is 0 Å². The molecule has 2 N–H and O–H groups in total. The van der Waals surface area contributed by atoms with Gasteiger partial charge in [-0.1, -0.05) is 55.4 Å². The molecule has 3 unspecified atom stereocenters. The molecule has 0 aliphatic heterocycles. The summed E-state index contributed by atoms with van der Waals surface area (Å²) in [6.07, 6.45) is 2.66. The summed E-state index contributed by atoms with van der Waals surface area (Å²) in [6.45, 7) is 24.5. The first-order valence-corrected chi connectivity index (χ1v) is 10.1. The third-order valence-electron chi connectivity index (χ3n) is 5.02. The van der Waals surface area contributed by atoms with Crippen molar-refractivity contribution >= 4 is 0 Å². The average molecular weight is 327 g/mol. The SMILES string of the molecule is CC(C)CC(CNCC(C)NCC(CC(C)C)C(C)C)C(C)C. The molecule has 0 aliphatic rings. The Labute approximate surface area is 147 Å². The van der Waals surface area contributed by atoms with Crippen LogP contribution in [-0.2, 0) is 0 Å². The van der Waals surface area contributed by atoms with Crippen molar-refractivity contribution in [2.45, 2.75) is 81.2 Å². The Balaban J connectivity index is 4.07. The normalized spacial score (nSPS) is 16.6. The summed E-state index contributed by atoms with van der Waals surface area (Å²) in [7, 11) is 0. The van der Waals surface area contributed by atoms with Crippen LogP contribution in [0.1, 0.15) is 75.2 Å². The molecule has 0 rings (SSSR count). The van der Waals surface area contributed by atoms with E-state index in [1.54, 1.807) is 0 Å². The van der Waals surface area contributed by atoms with Crippen LogP contribution in [-0.4, -0.2) is 25.7 Å². The molecular formula is C21H46N2. The van der Waals surface area contributed by atoms with Gasteiger partial charge in [0.25, 0.3) is 0 Å². The van der Waals surface area contributed by atoms with Crippen LogP contribution in [0, 0.1) is 35.5 Å². The first-order valence-electron chi connectivity index (χ1n) is 10.1. The molecule has 2 nitrogen and oxygen atoms in total. The molecule has 0 aromatic rings. The predicted molar refractivity (Wildman–Crippen MR) is 106 cm³/mol. The maximum Gasteiger partial charge on any atom is 0.0164 e. The van der Waals surface area contributed by atoms with Gasteiger partial charge >= 0.3 is 0 Å². The summed E-state index contributed by atoms with van der Waals surface area (Å²) in [5.74, 6) is 4.71. The van der Waals surface area contributed by atoms with E-state index in [0.29, 0.717) is 6.04 Å². The minimum atomic E-state index is 0.551. The van der Waals surface area contributed by atoms with Crippen molar-refractivity contribution in [2.24, 2.45) is 35.5 Å². The fraction of sp³-hybridized carbons (Fsp3) is 1.00. The van der Waals surface area contributed by atoms with Crippen LogP contribution in [0.5, 0.6) is 0 Å². The minimum absolute atomic E-state index is 0.551. The number of nitrogens with one attached hydrogen (secondary N) is 2. The van der Waals surface area contributed by atoms with Gasteiger partial charge in [-0.15, -0.1) is 0 Å². The molecule has 3 atom stereocenters. The van der Waals surface area contributed by atoms with E-state index >= 15 is 0 Å². The minimum Gasteiger partial charge on any atom is -0.315 e. The van der Waals surface area contributed by atoms with Crippen LogP contribution in [0.4, 0.5) is 0 Å². The van der Waals surface area contributed by atoms with Crippen LogP contribution in [0.25, 0.3) is 0 Å². The zero-order valence-electron chi connectivity index (χ0n) is 17.6. The molecule has 0 bridgehead atoms. The van der Waals surface area contributed by atoms with E-state index in [1.165, 1.54) is 12.8 Å². The van der Waals surface area contributed by atoms with Crippen molar-refractivity contribution in [3.8, 4) is 0 Å². The Bertz CT molecular complexity index is 271. The van der Waals surface area contributed by atoms with E-state index in [1.807, 2.05) is 0 Å². The molecule has 140 valence electrons. The summed E-state index contributed by atoms with van der Waals surface area (Å²) in [5, 5.41) is 7.45. The summed E-state index contributed by atoms with van der Waals surface area (Å²) in [5.41, 5.74) is 0. The van der Waals surface area contributed by atoms with Crippen LogP contribution in [0.15, 0.2) is 0 Å². The maximum atomic E-state index is 3.75. The quantitative estimate of drug-likeness (QED) is 0.486. The van der Waals surface area contributed by atoms with Crippen molar-refractivity contribution in [3.63, 3.8) is 0 Å². The van der Waals surface area contributed by atoms with Crippen LogP contribution in [0.3, 0.4) is 0 Å². The topological polar surface area (TPSA) is 24.1 Å². The number of rotatable bonds is 13. The fourth-order valence-electron chi connectivity index (χ4n) is 3.30. The highest BCUT2D eigenvalue weighted by Gasteiger charge is 2.17. The van der Waals surface area contributed by atoms with Crippen molar-refractivity contribution in [2.75, 3.05) is 19.6 Å². The largest absolute Gasteiger partial charge is 0.315 e. The lowest BCUT2D eigenvalue weighted by Gasteiger charge is -2.27. The lowest BCUT2D eigenvalue weighted by molar-refractivity contribution is 0.282. The third kappa shape index (κ3) is 12.0. The van der Waals surface area contributed by atoms with Crippen LogP contribution >= 0.6 is 0 Å². The van der Waals surface area contributed by atoms with Gasteiger partial charge in [0.1, 0.15) is 0 Å². The molecule has 23 heavy (non-hydrogen) atoms. The molecule has 0 saturated carbocycles. The monoisotopic (exact) mass is 326 g/mol. The Kier molecular flexibility index (Phi) is 12.3. The third-order valence-corrected chi connectivity index (χ3v) is 5.02. The lowest BCUT2D eigenvalue weighted by atomic mass is 9.87. The molecule has 0 aromatic heterocycles. The summed E-state index contributed by atoms with van der Waals surface area (Å²) in [6, 6.07) is 0.551. The number of hydrogen-bond acceptors (Lipinski definition) is 2. The maximum absolute atomic E-state index is 3.75. The van der Waals surface area contributed by atoms with Gasteiger partial charge < -0.3 is 10.6 Å². The van der Waals surface area contributed by atoms with E-state index in [9.17, 15) is 0 Å². The summed E-state index contributed by atoms with van der Waals surface area (Å²) < 4.78 is 0. The van der Waals surface area contributed by atoms with Gasteiger partial charge in [0.2, 0.25) is 0 Å². The molecular weight excluding hydrogens is 280 g/mol. The van der Waals surface area contributed by atoms with Gasteiger partial charge in [-0.3, -0.25) is 0 Å². The Morgan fingerprint density at radius 2 is 1.00 bits per heavy atom. The zero-order valence-corrected chi connectivity index (χ0v) is 17.6. The highest BCUT2D eigenvalue weighted by atomic mass is 15.0. The van der Waals surface area contributed by atoms with Crippen molar-refractivity contribution in [3.05, 3.63) is 0 Å². The van der Waals surface area contributed by atoms with Gasteiger partial charge in [-0.2, -0.15) is 0 Å². The van der Waals surface area contributed by atoms with Crippen LogP contribution < -0.4 is 10.6 Å². The average Bonchev–Trinajstić information content (AvgIpc) is 2.41. The first-order chi connectivity index (χ1) is 10.6. The van der Waals surface area contributed by atoms with E-state index in [0.717, 1.165) is 55.1 Å². The standard InChI is InChI=1S/C21H46N2/c1-15(2)10-20(17(5)6)13-22-12-19(9)23-14-21(18(7)8)11-16(3)4/h15-23H,10-14H2,1-9H3. The van der Waals surface area contributed by atoms with E-state index < -0.39 is 0 Å². The summed E-state index contributed by atoms with van der Waals surface area (Å²) >= 11 is 0. The summed E-state index contributed by atoms with van der Waals surface area (Å²) in [4.78, 5) is 0. The highest BCUT2D eigenvalue weighted by Crippen LogP contribution is 2.20. The van der Waals surface area contributed by atoms with Gasteiger partial charge in [-0.05, 0) is 68.4 Å². The predicted octanol–water partition coefficient (Wildman–Crippen LogP) is 5.19. The second kappa shape index (κ2) is 12.3. The molecule has 0 amide bonds. The zero-order chi connectivity index (χ0) is 18.0. The van der Waals surface area contributed by atoms with E-state index in [4.69, 9.17) is 0 Å². The van der Waals surface area contributed by atoms with Crippen molar-refractivity contribution in [1.29, 1.82) is 0 Å². The molecule has 0 saturated heterocycles. The molecule has 2 heteroatoms. The van der Waals surface area contributed by atoms with Crippen molar-refractivity contribution in [1.82, 2.24) is 10.6 Å². The second-order valence-electron chi connectivity index (χ2n) is 9.23. The molecule has 0 aliphatic carbocycles. The van der Waals surface area contributed by atoms with Gasteiger partial charge in [-0.25, -0.2) is 0 Å². The molecule has 0 spiro atoms. The second-order valence-corrected chi connectivity index (χ2v) is 9.23. The Hall–Kier alpha value is -0.0800. The lowest BCUT2D eigenvalue weighted by Crippen LogP contribution is -2.41. The Morgan fingerprint density at radius 1 is 0.565 bits per heavy atom. The fourth-order valence-corrected chi connectivity index (χ4v) is 3.30. The van der Waals surface area contributed by atoms with Crippen LogP contribution in [0.2, 0.25) is 0 Å². The van der Waals surface area contributed by atoms with Gasteiger partial charge in [0.15, 0.2) is 0 Å². The molecule has 0 heterocycles. The van der Waals surface area contributed by atoms with Gasteiger partial charge in [0.05, 0.1) is 0 Å². The van der Waals surface area contributed by atoms with Gasteiger partial charge in [0, 0.05) is 12.6 Å². The molecule has 0 aromatic carbocycles. The van der Waals surface area contributed by atoms with E-state index in [-0.39, 0.29) is 0 Å². The smallest absolute Gasteiger partial charge is 0.0164 e. The molecule has 0 fully saturated rings.